The molecule has 0 bridgehead atoms. The molecule has 0 aromatic heterocycles. The van der Waals surface area contributed by atoms with Gasteiger partial charge >= 0.3 is 5.97 Å². The van der Waals surface area contributed by atoms with Crippen LogP contribution < -0.4 is 4.74 Å². The van der Waals surface area contributed by atoms with E-state index in [2.05, 4.69) is 0 Å². The van der Waals surface area contributed by atoms with Crippen molar-refractivity contribution < 1.29 is 19.6 Å². The Balaban J connectivity index is 2.30. The molecule has 0 radical (unpaired) electrons. The highest BCUT2D eigenvalue weighted by atomic mass is 16.6. The summed E-state index contributed by atoms with van der Waals surface area (Å²) in [5.74, 6) is 0.0800. The number of allylic oxidation sites excluding steroid dienone is 1. The van der Waals surface area contributed by atoms with Crippen molar-refractivity contribution in [2.24, 2.45) is 5.92 Å². The smallest absolute Gasteiger partial charge is 0.311 e. The van der Waals surface area contributed by atoms with Gasteiger partial charge in [-0.3, -0.25) is 14.9 Å². The molecule has 0 saturated heterocycles. The summed E-state index contributed by atoms with van der Waals surface area (Å²) in [7, 11) is 0. The summed E-state index contributed by atoms with van der Waals surface area (Å²) in [6.07, 6.45) is 4.66. The second kappa shape index (κ2) is 8.94. The Kier molecular flexibility index (Phi) is 7.25. The third-order valence-electron chi connectivity index (χ3n) is 3.05. The van der Waals surface area contributed by atoms with Crippen LogP contribution in [0.25, 0.3) is 0 Å². The minimum Gasteiger partial charge on any atom is -0.427 e. The third kappa shape index (κ3) is 6.49. The van der Waals surface area contributed by atoms with Crippen LogP contribution in [0.1, 0.15) is 33.1 Å². The maximum Gasteiger partial charge on any atom is 0.311 e. The first-order valence-electron chi connectivity index (χ1n) is 7.20. The quantitative estimate of drug-likeness (QED) is 0.199. The summed E-state index contributed by atoms with van der Waals surface area (Å²) < 4.78 is 5.08. The number of benzene rings is 1. The zero-order chi connectivity index (χ0) is 16.5. The van der Waals surface area contributed by atoms with Crippen LogP contribution in [-0.2, 0) is 4.79 Å². The monoisotopic (exact) mass is 307 g/mol. The average Bonchev–Trinajstić information content (AvgIpc) is 2.47. The molecule has 0 heterocycles. The van der Waals surface area contributed by atoms with Gasteiger partial charge in [-0.2, -0.15) is 0 Å². The van der Waals surface area contributed by atoms with Crippen molar-refractivity contribution in [2.75, 3.05) is 0 Å². The fraction of sp³-hybridized carbons (Fsp3) is 0.438. The zero-order valence-electron chi connectivity index (χ0n) is 12.8. The highest BCUT2D eigenvalue weighted by molar-refractivity contribution is 5.72. The highest BCUT2D eigenvalue weighted by Crippen LogP contribution is 2.18. The fourth-order valence-corrected chi connectivity index (χ4v) is 1.64. The van der Waals surface area contributed by atoms with E-state index in [0.717, 1.165) is 0 Å². The van der Waals surface area contributed by atoms with Crippen LogP contribution in [-0.4, -0.2) is 22.1 Å². The van der Waals surface area contributed by atoms with Crippen LogP contribution in [0.4, 0.5) is 5.69 Å². The Bertz CT molecular complexity index is 522. The minimum atomic E-state index is -0.510. The van der Waals surface area contributed by atoms with Crippen LogP contribution in [0.15, 0.2) is 36.4 Å². The van der Waals surface area contributed by atoms with Crippen LogP contribution in [0, 0.1) is 16.0 Å². The predicted octanol–water partition coefficient (Wildman–Crippen LogP) is 3.24. The SMILES string of the molecule is CC(C)C(O)C=CCCCC(=O)Oc1ccc([N+](=O)[O-])cc1. The summed E-state index contributed by atoms with van der Waals surface area (Å²) in [6, 6.07) is 5.38. The molecule has 0 saturated carbocycles. The third-order valence-corrected chi connectivity index (χ3v) is 3.05. The van der Waals surface area contributed by atoms with Crippen molar-refractivity contribution in [3.05, 3.63) is 46.5 Å². The molecule has 1 atom stereocenters. The standard InChI is InChI=1S/C16H21NO5/c1-12(2)15(18)6-4-3-5-7-16(19)22-14-10-8-13(9-11-14)17(20)21/h4,6,8-12,15,18H,3,5,7H2,1-2H3. The van der Waals surface area contributed by atoms with Crippen LogP contribution in [0.3, 0.4) is 0 Å². The van der Waals surface area contributed by atoms with Gasteiger partial charge in [-0.1, -0.05) is 26.0 Å². The highest BCUT2D eigenvalue weighted by Gasteiger charge is 2.08. The average molecular weight is 307 g/mol. The molecule has 1 N–H and O–H groups in total. The number of carbonyl (C=O) groups excluding carboxylic acids is 1. The van der Waals surface area contributed by atoms with Gasteiger partial charge in [0.05, 0.1) is 11.0 Å². The lowest BCUT2D eigenvalue weighted by Gasteiger charge is -2.08. The Morgan fingerprint density at radius 3 is 2.55 bits per heavy atom. The van der Waals surface area contributed by atoms with Crippen LogP contribution in [0.2, 0.25) is 0 Å². The Labute approximate surface area is 129 Å². The number of rotatable bonds is 8. The predicted molar refractivity (Wildman–Crippen MR) is 82.6 cm³/mol. The molecule has 1 unspecified atom stereocenters. The van der Waals surface area contributed by atoms with Crippen molar-refractivity contribution in [1.29, 1.82) is 0 Å². The molecule has 0 aliphatic rings. The van der Waals surface area contributed by atoms with Crippen LogP contribution >= 0.6 is 0 Å². The molecule has 6 nitrogen and oxygen atoms in total. The Morgan fingerprint density at radius 1 is 1.36 bits per heavy atom. The van der Waals surface area contributed by atoms with E-state index in [-0.39, 0.29) is 24.0 Å². The lowest BCUT2D eigenvalue weighted by Crippen LogP contribution is -2.10. The van der Waals surface area contributed by atoms with E-state index in [1.807, 2.05) is 19.9 Å². The maximum absolute atomic E-state index is 11.6. The summed E-state index contributed by atoms with van der Waals surface area (Å²) in [5, 5.41) is 20.1. The number of carbonyl (C=O) groups is 1. The van der Waals surface area contributed by atoms with Crippen molar-refractivity contribution in [1.82, 2.24) is 0 Å². The molecule has 0 aliphatic carbocycles. The first-order valence-corrected chi connectivity index (χ1v) is 7.20. The van der Waals surface area contributed by atoms with Gasteiger partial charge in [0.2, 0.25) is 0 Å². The Morgan fingerprint density at radius 2 is 2.00 bits per heavy atom. The number of nitro groups is 1. The summed E-state index contributed by atoms with van der Waals surface area (Å²) >= 11 is 0. The van der Waals surface area contributed by atoms with E-state index in [1.54, 1.807) is 6.08 Å². The molecule has 1 rings (SSSR count). The van der Waals surface area contributed by atoms with Gasteiger partial charge in [-0.05, 0) is 30.9 Å². The second-order valence-electron chi connectivity index (χ2n) is 5.28. The van der Waals surface area contributed by atoms with Gasteiger partial charge in [0.1, 0.15) is 5.75 Å². The van der Waals surface area contributed by atoms with E-state index < -0.39 is 11.0 Å². The van der Waals surface area contributed by atoms with Gasteiger partial charge in [-0.15, -0.1) is 0 Å². The number of aliphatic hydroxyl groups is 1. The molecule has 1 aromatic rings. The first-order chi connectivity index (χ1) is 10.4. The molecule has 120 valence electrons. The summed E-state index contributed by atoms with van der Waals surface area (Å²) in [6.45, 7) is 3.85. The number of aliphatic hydroxyl groups excluding tert-OH is 1. The molecule has 0 amide bonds. The van der Waals surface area contributed by atoms with Gasteiger partial charge in [0.25, 0.3) is 5.69 Å². The maximum atomic E-state index is 11.6. The number of nitrogens with zero attached hydrogens (tertiary/aromatic N) is 1. The zero-order valence-corrected chi connectivity index (χ0v) is 12.8. The lowest BCUT2D eigenvalue weighted by atomic mass is 10.1. The second-order valence-corrected chi connectivity index (χ2v) is 5.28. The van der Waals surface area contributed by atoms with Gasteiger partial charge in [0, 0.05) is 18.6 Å². The van der Waals surface area contributed by atoms with E-state index in [9.17, 15) is 20.0 Å². The fourth-order valence-electron chi connectivity index (χ4n) is 1.64. The van der Waals surface area contributed by atoms with E-state index in [1.165, 1.54) is 24.3 Å². The van der Waals surface area contributed by atoms with E-state index in [4.69, 9.17) is 4.74 Å². The number of hydrogen-bond donors (Lipinski definition) is 1. The molecular weight excluding hydrogens is 286 g/mol. The molecule has 0 aliphatic heterocycles. The first kappa shape index (κ1) is 17.8. The lowest BCUT2D eigenvalue weighted by molar-refractivity contribution is -0.384. The van der Waals surface area contributed by atoms with E-state index >= 15 is 0 Å². The number of nitro benzene ring substituents is 1. The van der Waals surface area contributed by atoms with Crippen molar-refractivity contribution in [2.45, 2.75) is 39.2 Å². The Hall–Kier alpha value is -2.21. The van der Waals surface area contributed by atoms with Gasteiger partial charge in [0.15, 0.2) is 0 Å². The van der Waals surface area contributed by atoms with Gasteiger partial charge < -0.3 is 9.84 Å². The largest absolute Gasteiger partial charge is 0.427 e. The number of unbranched alkanes of at least 4 members (excludes halogenated alkanes) is 1. The molecule has 22 heavy (non-hydrogen) atoms. The van der Waals surface area contributed by atoms with Crippen molar-refractivity contribution in [3.8, 4) is 5.75 Å². The number of hydrogen-bond acceptors (Lipinski definition) is 5. The number of ether oxygens (including phenoxy) is 1. The summed E-state index contributed by atoms with van der Waals surface area (Å²) in [4.78, 5) is 21.6. The van der Waals surface area contributed by atoms with Crippen molar-refractivity contribution >= 4 is 11.7 Å². The molecule has 6 heteroatoms. The number of non-ortho nitro benzene ring substituents is 1. The van der Waals surface area contributed by atoms with Gasteiger partial charge in [-0.25, -0.2) is 0 Å². The van der Waals surface area contributed by atoms with E-state index in [0.29, 0.717) is 18.6 Å². The summed E-state index contributed by atoms with van der Waals surface area (Å²) in [5.41, 5.74) is -0.0475. The molecular formula is C16H21NO5. The number of esters is 1. The molecule has 0 spiro atoms. The topological polar surface area (TPSA) is 89.7 Å². The van der Waals surface area contributed by atoms with Crippen molar-refractivity contribution in [3.63, 3.8) is 0 Å². The minimum absolute atomic E-state index is 0.0475. The normalized spacial score (nSPS) is 12.5. The molecule has 1 aromatic carbocycles. The molecule has 0 fully saturated rings. The van der Waals surface area contributed by atoms with Crippen LogP contribution in [0.5, 0.6) is 5.75 Å².